The van der Waals surface area contributed by atoms with Crippen molar-refractivity contribution in [3.05, 3.63) is 75.2 Å². The number of nitrogens with one attached hydrogen (secondary N) is 1. The number of halogens is 2. The monoisotopic (exact) mass is 538 g/mol. The van der Waals surface area contributed by atoms with Crippen molar-refractivity contribution in [3.63, 3.8) is 0 Å². The van der Waals surface area contributed by atoms with E-state index in [4.69, 9.17) is 11.6 Å². The predicted molar refractivity (Wildman–Crippen MR) is 133 cm³/mol. The highest BCUT2D eigenvalue weighted by Gasteiger charge is 2.67. The summed E-state index contributed by atoms with van der Waals surface area (Å²) in [6, 6.07) is 12.1. The Labute approximate surface area is 211 Å². The molecule has 1 N–H and O–H groups in total. The summed E-state index contributed by atoms with van der Waals surface area (Å²) in [6.07, 6.45) is 5.66. The van der Waals surface area contributed by atoms with E-state index in [1.807, 2.05) is 43.3 Å². The zero-order valence-electron chi connectivity index (χ0n) is 18.6. The number of nitrogens with zero attached hydrogens (tertiary/aromatic N) is 1. The molecule has 2 aromatic carbocycles. The van der Waals surface area contributed by atoms with Gasteiger partial charge in [0.2, 0.25) is 17.7 Å². The summed E-state index contributed by atoms with van der Waals surface area (Å²) in [5.41, 5.74) is 2.29. The quantitative estimate of drug-likeness (QED) is 0.429. The molecule has 0 unspecified atom stereocenters. The van der Waals surface area contributed by atoms with Gasteiger partial charge in [-0.2, -0.15) is 0 Å². The van der Waals surface area contributed by atoms with E-state index in [2.05, 4.69) is 33.4 Å². The van der Waals surface area contributed by atoms with Crippen LogP contribution in [0.5, 0.6) is 0 Å². The van der Waals surface area contributed by atoms with Gasteiger partial charge in [0, 0.05) is 16.6 Å². The summed E-state index contributed by atoms with van der Waals surface area (Å²) in [5.74, 6) is -0.158. The van der Waals surface area contributed by atoms with Gasteiger partial charge in [-0.1, -0.05) is 54.1 Å². The van der Waals surface area contributed by atoms with Gasteiger partial charge in [-0.3, -0.25) is 19.3 Å². The lowest BCUT2D eigenvalue weighted by atomic mass is 9.63. The van der Waals surface area contributed by atoms with Crippen LogP contribution in [-0.4, -0.2) is 28.7 Å². The molecule has 7 rings (SSSR count). The van der Waals surface area contributed by atoms with Crippen molar-refractivity contribution in [2.24, 2.45) is 35.5 Å². The van der Waals surface area contributed by atoms with Crippen LogP contribution in [0.4, 0.5) is 5.69 Å². The number of aryl methyl sites for hydroxylation is 1. The molecule has 7 atom stereocenters. The molecule has 5 aliphatic rings. The number of likely N-dealkylation sites (tertiary alicyclic amines) is 1. The molecule has 174 valence electrons. The van der Waals surface area contributed by atoms with Gasteiger partial charge < -0.3 is 5.32 Å². The molecular weight excluding hydrogens is 516 g/mol. The van der Waals surface area contributed by atoms with Crippen LogP contribution >= 0.6 is 27.5 Å². The fourth-order valence-electron chi connectivity index (χ4n) is 6.42. The first-order valence-electron chi connectivity index (χ1n) is 11.7. The van der Waals surface area contributed by atoms with E-state index < -0.39 is 6.04 Å². The first kappa shape index (κ1) is 22.1. The van der Waals surface area contributed by atoms with Crippen LogP contribution in [0.25, 0.3) is 0 Å². The number of anilines is 1. The maximum atomic E-state index is 13.7. The van der Waals surface area contributed by atoms with Crippen molar-refractivity contribution in [1.29, 1.82) is 0 Å². The normalized spacial score (nSPS) is 31.3. The van der Waals surface area contributed by atoms with Crippen LogP contribution in [0, 0.1) is 42.4 Å². The van der Waals surface area contributed by atoms with Gasteiger partial charge in [0.05, 0.1) is 16.9 Å². The Morgan fingerprint density at radius 1 is 1.09 bits per heavy atom. The molecule has 1 heterocycles. The lowest BCUT2D eigenvalue weighted by Gasteiger charge is -2.37. The van der Waals surface area contributed by atoms with E-state index in [1.165, 1.54) is 4.90 Å². The summed E-state index contributed by atoms with van der Waals surface area (Å²) >= 11 is 9.67. The summed E-state index contributed by atoms with van der Waals surface area (Å²) in [7, 11) is 0. The molecule has 0 aromatic heterocycles. The van der Waals surface area contributed by atoms with Crippen molar-refractivity contribution < 1.29 is 14.4 Å². The third-order valence-electron chi connectivity index (χ3n) is 8.11. The molecule has 2 saturated carbocycles. The van der Waals surface area contributed by atoms with Crippen LogP contribution in [0.2, 0.25) is 5.02 Å². The predicted octanol–water partition coefficient (Wildman–Crippen LogP) is 5.01. The number of benzene rings is 2. The molecule has 4 aliphatic carbocycles. The maximum absolute atomic E-state index is 13.7. The molecular formula is C27H24BrClN2O3. The zero-order valence-corrected chi connectivity index (χ0v) is 20.9. The number of imide groups is 1. The second-order valence-corrected chi connectivity index (χ2v) is 11.2. The minimum Gasteiger partial charge on any atom is -0.324 e. The van der Waals surface area contributed by atoms with E-state index in [1.54, 1.807) is 6.07 Å². The maximum Gasteiger partial charge on any atom is 0.248 e. The Morgan fingerprint density at radius 2 is 1.71 bits per heavy atom. The molecule has 3 fully saturated rings. The van der Waals surface area contributed by atoms with Gasteiger partial charge in [0.15, 0.2) is 0 Å². The van der Waals surface area contributed by atoms with Crippen LogP contribution in [0.3, 0.4) is 0 Å². The van der Waals surface area contributed by atoms with Crippen molar-refractivity contribution in [3.8, 4) is 0 Å². The number of allylic oxidation sites excluding steroid dienone is 2. The smallest absolute Gasteiger partial charge is 0.248 e. The summed E-state index contributed by atoms with van der Waals surface area (Å²) in [4.78, 5) is 42.4. The van der Waals surface area contributed by atoms with Gasteiger partial charge in [0.1, 0.15) is 6.04 Å². The van der Waals surface area contributed by atoms with E-state index in [0.717, 1.165) is 22.0 Å². The topological polar surface area (TPSA) is 66.5 Å². The van der Waals surface area contributed by atoms with E-state index >= 15 is 0 Å². The third kappa shape index (κ3) is 3.37. The number of carbonyl (C=O) groups is 3. The van der Waals surface area contributed by atoms with Crippen LogP contribution in [0.15, 0.2) is 59.1 Å². The minimum absolute atomic E-state index is 0.120. The highest BCUT2D eigenvalue weighted by molar-refractivity contribution is 9.10. The average Bonchev–Trinajstić information content (AvgIpc) is 3.60. The number of hydrogen-bond acceptors (Lipinski definition) is 3. The highest BCUT2D eigenvalue weighted by Crippen LogP contribution is 2.65. The van der Waals surface area contributed by atoms with Crippen molar-refractivity contribution in [1.82, 2.24) is 4.90 Å². The molecule has 2 aromatic rings. The number of hydrogen-bond donors (Lipinski definition) is 1. The summed E-state index contributed by atoms with van der Waals surface area (Å²) < 4.78 is 0.737. The van der Waals surface area contributed by atoms with Crippen LogP contribution in [0.1, 0.15) is 17.5 Å². The molecule has 7 heteroatoms. The SMILES string of the molecule is Cc1cc(Br)c(Cl)cc1NC(=O)[C@H](Cc1ccccc1)N1C(=O)[C@@H]2[C@H]3C=C[C@@H]([C@@H]4C[C@@H]34)[C@H]2C1=O. The average molecular weight is 540 g/mol. The Hall–Kier alpha value is -2.44. The zero-order chi connectivity index (χ0) is 23.7. The summed E-state index contributed by atoms with van der Waals surface area (Å²) in [6.45, 7) is 1.87. The number of rotatable bonds is 5. The van der Waals surface area contributed by atoms with Crippen molar-refractivity contribution >= 4 is 50.9 Å². The van der Waals surface area contributed by atoms with E-state index in [9.17, 15) is 14.4 Å². The Bertz CT molecular complexity index is 1210. The van der Waals surface area contributed by atoms with Crippen molar-refractivity contribution in [2.75, 3.05) is 5.32 Å². The highest BCUT2D eigenvalue weighted by atomic mass is 79.9. The Kier molecular flexibility index (Phi) is 5.23. The molecule has 3 amide bonds. The second kappa shape index (κ2) is 8.06. The fourth-order valence-corrected chi connectivity index (χ4v) is 7.04. The molecule has 5 nitrogen and oxygen atoms in total. The van der Waals surface area contributed by atoms with Gasteiger partial charge in [-0.05, 0) is 76.2 Å². The standard InChI is InChI=1S/C27H24BrClN2O3/c1-13-9-19(28)20(29)12-21(13)30-25(32)22(10-14-5-3-2-4-6-14)31-26(33)23-15-7-8-16(18-11-17(15)18)24(23)27(31)34/h2-9,12,15-18,22-24H,10-11H2,1H3,(H,30,32)/t15-,16-,17-,18-,22-,23+,24+/m0/s1. The largest absolute Gasteiger partial charge is 0.324 e. The van der Waals surface area contributed by atoms with Gasteiger partial charge in [-0.15, -0.1) is 0 Å². The van der Waals surface area contributed by atoms with E-state index in [-0.39, 0.29) is 47.8 Å². The lowest BCUT2D eigenvalue weighted by Crippen LogP contribution is -2.49. The minimum atomic E-state index is -0.925. The molecule has 0 spiro atoms. The molecule has 1 saturated heterocycles. The molecule has 2 bridgehead atoms. The van der Waals surface area contributed by atoms with Gasteiger partial charge in [-0.25, -0.2) is 0 Å². The van der Waals surface area contributed by atoms with Gasteiger partial charge in [0.25, 0.3) is 0 Å². The first-order valence-corrected chi connectivity index (χ1v) is 12.9. The molecule has 1 aliphatic heterocycles. The van der Waals surface area contributed by atoms with Crippen molar-refractivity contribution in [2.45, 2.75) is 25.8 Å². The van der Waals surface area contributed by atoms with Crippen LogP contribution in [-0.2, 0) is 20.8 Å². The Balaban J connectivity index is 1.34. The number of amides is 3. The molecule has 0 radical (unpaired) electrons. The van der Waals surface area contributed by atoms with Gasteiger partial charge >= 0.3 is 0 Å². The van der Waals surface area contributed by atoms with E-state index in [0.29, 0.717) is 22.5 Å². The first-order chi connectivity index (χ1) is 16.3. The number of carbonyl (C=O) groups excluding carboxylic acids is 3. The summed E-state index contributed by atoms with van der Waals surface area (Å²) in [5, 5.41) is 3.42. The third-order valence-corrected chi connectivity index (χ3v) is 9.31. The lowest BCUT2D eigenvalue weighted by molar-refractivity contribution is -0.146. The second-order valence-electron chi connectivity index (χ2n) is 9.98. The molecule has 34 heavy (non-hydrogen) atoms. The van der Waals surface area contributed by atoms with Crippen LogP contribution < -0.4 is 5.32 Å². The fraction of sp³-hybridized carbons (Fsp3) is 0.370. The Morgan fingerprint density at radius 3 is 2.32 bits per heavy atom.